The summed E-state index contributed by atoms with van der Waals surface area (Å²) in [6.45, 7) is 2.52. The zero-order valence-electron chi connectivity index (χ0n) is 15.9. The average molecular weight is 360 g/mol. The van der Waals surface area contributed by atoms with Gasteiger partial charge in [-0.25, -0.2) is 0 Å². The van der Waals surface area contributed by atoms with Crippen LogP contribution >= 0.6 is 0 Å². The second-order valence-electron chi connectivity index (χ2n) is 6.66. The summed E-state index contributed by atoms with van der Waals surface area (Å²) >= 11 is 0. The topological polar surface area (TPSA) is 57.3 Å². The molecule has 0 bridgehead atoms. The number of aryl methyl sites for hydroxylation is 1. The molecule has 0 spiro atoms. The van der Waals surface area contributed by atoms with Crippen molar-refractivity contribution in [2.75, 3.05) is 24.3 Å². The first-order valence-corrected chi connectivity index (χ1v) is 8.85. The Labute approximate surface area is 160 Å². The molecule has 2 aromatic carbocycles. The summed E-state index contributed by atoms with van der Waals surface area (Å²) in [5, 5.41) is 6.22. The molecule has 0 saturated heterocycles. The maximum Gasteiger partial charge on any atom is 0.270 e. The predicted octanol–water partition coefficient (Wildman–Crippen LogP) is 4.13. The summed E-state index contributed by atoms with van der Waals surface area (Å²) in [5.41, 5.74) is 5.55. The normalized spacial score (nSPS) is 10.3. The smallest absolute Gasteiger partial charge is 0.270 e. The minimum Gasteiger partial charge on any atom is -0.378 e. The number of nitrogens with zero attached hydrogens (tertiary/aromatic N) is 2. The molecule has 1 aromatic heterocycles. The third kappa shape index (κ3) is 5.07. The number of pyridine rings is 1. The Balaban J connectivity index is 1.63. The first-order chi connectivity index (χ1) is 13.0. The largest absolute Gasteiger partial charge is 0.378 e. The van der Waals surface area contributed by atoms with Crippen LogP contribution < -0.4 is 15.5 Å². The zero-order chi connectivity index (χ0) is 19.2. The second kappa shape index (κ2) is 8.36. The van der Waals surface area contributed by atoms with Crippen LogP contribution in [0, 0.1) is 6.92 Å². The van der Waals surface area contributed by atoms with E-state index in [0.717, 1.165) is 22.6 Å². The lowest BCUT2D eigenvalue weighted by Crippen LogP contribution is -2.23. The molecule has 0 aliphatic rings. The molecule has 27 heavy (non-hydrogen) atoms. The number of rotatable bonds is 6. The van der Waals surface area contributed by atoms with Gasteiger partial charge in [0.25, 0.3) is 5.91 Å². The van der Waals surface area contributed by atoms with Crippen molar-refractivity contribution in [2.24, 2.45) is 0 Å². The fourth-order valence-electron chi connectivity index (χ4n) is 2.62. The molecule has 0 aliphatic carbocycles. The molecule has 2 N–H and O–H groups in total. The van der Waals surface area contributed by atoms with Gasteiger partial charge >= 0.3 is 0 Å². The van der Waals surface area contributed by atoms with Gasteiger partial charge in [-0.15, -0.1) is 0 Å². The van der Waals surface area contributed by atoms with Gasteiger partial charge in [0.15, 0.2) is 0 Å². The molecule has 1 amide bonds. The molecule has 0 saturated carbocycles. The van der Waals surface area contributed by atoms with Gasteiger partial charge in [-0.1, -0.05) is 29.8 Å². The van der Waals surface area contributed by atoms with Crippen LogP contribution in [0.15, 0.2) is 66.9 Å². The molecule has 0 atom stereocenters. The maximum atomic E-state index is 12.4. The van der Waals surface area contributed by atoms with Crippen LogP contribution in [0.5, 0.6) is 0 Å². The van der Waals surface area contributed by atoms with E-state index >= 15 is 0 Å². The van der Waals surface area contributed by atoms with E-state index in [9.17, 15) is 4.79 Å². The first kappa shape index (κ1) is 18.5. The highest BCUT2D eigenvalue weighted by molar-refractivity contribution is 5.93. The van der Waals surface area contributed by atoms with Crippen LogP contribution in [0.4, 0.5) is 17.1 Å². The highest BCUT2D eigenvalue weighted by Gasteiger charge is 2.08. The summed E-state index contributed by atoms with van der Waals surface area (Å²) < 4.78 is 0. The molecule has 5 nitrogen and oxygen atoms in total. The van der Waals surface area contributed by atoms with E-state index < -0.39 is 0 Å². The predicted molar refractivity (Wildman–Crippen MR) is 111 cm³/mol. The van der Waals surface area contributed by atoms with Crippen LogP contribution in [-0.4, -0.2) is 25.0 Å². The molecule has 0 radical (unpaired) electrons. The number of carbonyl (C=O) groups is 1. The van der Waals surface area contributed by atoms with Gasteiger partial charge in [0.2, 0.25) is 0 Å². The maximum absolute atomic E-state index is 12.4. The summed E-state index contributed by atoms with van der Waals surface area (Å²) in [6.07, 6.45) is 1.64. The molecule has 5 heteroatoms. The molecule has 3 rings (SSSR count). The third-order valence-corrected chi connectivity index (χ3v) is 4.24. The van der Waals surface area contributed by atoms with Crippen molar-refractivity contribution in [1.29, 1.82) is 0 Å². The number of hydrogen-bond acceptors (Lipinski definition) is 4. The fraction of sp³-hybridized carbons (Fsp3) is 0.182. The van der Waals surface area contributed by atoms with Crippen molar-refractivity contribution < 1.29 is 4.79 Å². The number of anilines is 3. The summed E-state index contributed by atoms with van der Waals surface area (Å²) in [5.74, 6) is -0.192. The second-order valence-corrected chi connectivity index (χ2v) is 6.66. The Hall–Kier alpha value is -3.34. The third-order valence-electron chi connectivity index (χ3n) is 4.24. The number of nitrogens with one attached hydrogen (secondary N) is 2. The minimum atomic E-state index is -0.192. The number of benzene rings is 2. The van der Waals surface area contributed by atoms with Gasteiger partial charge in [0, 0.05) is 43.9 Å². The molecule has 0 aliphatic heterocycles. The van der Waals surface area contributed by atoms with Gasteiger partial charge in [0.1, 0.15) is 5.69 Å². The molecular weight excluding hydrogens is 336 g/mol. The quantitative estimate of drug-likeness (QED) is 0.694. The monoisotopic (exact) mass is 360 g/mol. The zero-order valence-corrected chi connectivity index (χ0v) is 15.9. The Morgan fingerprint density at radius 3 is 2.33 bits per heavy atom. The number of amides is 1. The Bertz CT molecular complexity index is 902. The average Bonchev–Trinajstić information content (AvgIpc) is 2.68. The van der Waals surface area contributed by atoms with Crippen molar-refractivity contribution in [3.63, 3.8) is 0 Å². The highest BCUT2D eigenvalue weighted by Crippen LogP contribution is 2.20. The molecule has 3 aromatic rings. The molecule has 0 fully saturated rings. The van der Waals surface area contributed by atoms with Gasteiger partial charge in [-0.2, -0.15) is 0 Å². The number of hydrogen-bond donors (Lipinski definition) is 2. The lowest BCUT2D eigenvalue weighted by Gasteiger charge is -2.13. The van der Waals surface area contributed by atoms with Crippen LogP contribution in [0.2, 0.25) is 0 Å². The van der Waals surface area contributed by atoms with Crippen LogP contribution in [-0.2, 0) is 6.54 Å². The molecule has 1 heterocycles. The van der Waals surface area contributed by atoms with Crippen molar-refractivity contribution in [3.8, 4) is 0 Å². The van der Waals surface area contributed by atoms with E-state index in [-0.39, 0.29) is 5.91 Å². The van der Waals surface area contributed by atoms with E-state index in [1.807, 2.05) is 80.5 Å². The van der Waals surface area contributed by atoms with Gasteiger partial charge in [-0.3, -0.25) is 9.78 Å². The van der Waals surface area contributed by atoms with E-state index in [1.54, 1.807) is 12.3 Å². The summed E-state index contributed by atoms with van der Waals surface area (Å²) in [6, 6.07) is 19.8. The van der Waals surface area contributed by atoms with Crippen LogP contribution in [0.3, 0.4) is 0 Å². The number of aromatic nitrogens is 1. The minimum absolute atomic E-state index is 0.192. The van der Waals surface area contributed by atoms with E-state index in [0.29, 0.717) is 12.2 Å². The molecular formula is C22H24N4O. The van der Waals surface area contributed by atoms with Crippen molar-refractivity contribution >= 4 is 23.0 Å². The van der Waals surface area contributed by atoms with E-state index in [1.165, 1.54) is 5.56 Å². The Morgan fingerprint density at radius 2 is 1.67 bits per heavy atom. The standard InChI is InChI=1S/C22H24N4O/c1-16-4-6-17(7-5-16)15-24-22(27)21-14-19(12-13-23-21)25-18-8-10-20(11-9-18)26(2)3/h4-14H,15H2,1-3H3,(H,23,25)(H,24,27). The fourth-order valence-corrected chi connectivity index (χ4v) is 2.62. The van der Waals surface area contributed by atoms with Crippen molar-refractivity contribution in [3.05, 3.63) is 83.7 Å². The Morgan fingerprint density at radius 1 is 0.963 bits per heavy atom. The highest BCUT2D eigenvalue weighted by atomic mass is 16.1. The van der Waals surface area contributed by atoms with E-state index in [2.05, 4.69) is 15.6 Å². The lowest BCUT2D eigenvalue weighted by atomic mass is 10.1. The van der Waals surface area contributed by atoms with Crippen molar-refractivity contribution in [2.45, 2.75) is 13.5 Å². The van der Waals surface area contributed by atoms with Gasteiger partial charge in [-0.05, 0) is 48.9 Å². The summed E-state index contributed by atoms with van der Waals surface area (Å²) in [7, 11) is 4.01. The first-order valence-electron chi connectivity index (χ1n) is 8.85. The molecule has 138 valence electrons. The van der Waals surface area contributed by atoms with Gasteiger partial charge < -0.3 is 15.5 Å². The Kier molecular flexibility index (Phi) is 5.71. The van der Waals surface area contributed by atoms with Gasteiger partial charge in [0.05, 0.1) is 0 Å². The lowest BCUT2D eigenvalue weighted by molar-refractivity contribution is 0.0946. The summed E-state index contributed by atoms with van der Waals surface area (Å²) in [4.78, 5) is 18.6. The number of carbonyl (C=O) groups excluding carboxylic acids is 1. The van der Waals surface area contributed by atoms with Crippen LogP contribution in [0.1, 0.15) is 21.6 Å². The molecule has 0 unspecified atom stereocenters. The van der Waals surface area contributed by atoms with E-state index in [4.69, 9.17) is 0 Å². The van der Waals surface area contributed by atoms with Crippen LogP contribution in [0.25, 0.3) is 0 Å². The van der Waals surface area contributed by atoms with Crippen molar-refractivity contribution in [1.82, 2.24) is 10.3 Å². The SMILES string of the molecule is Cc1ccc(CNC(=O)c2cc(Nc3ccc(N(C)C)cc3)ccn2)cc1.